The highest BCUT2D eigenvalue weighted by atomic mass is 35.5. The number of nitrogens with zero attached hydrogens (tertiary/aromatic N) is 1. The summed E-state index contributed by atoms with van der Waals surface area (Å²) in [5, 5.41) is 0. The summed E-state index contributed by atoms with van der Waals surface area (Å²) >= 11 is 0. The minimum Gasteiger partial charge on any atom is -0.327 e. The van der Waals surface area contributed by atoms with Crippen molar-refractivity contribution in [2.24, 2.45) is 5.73 Å². The average Bonchev–Trinajstić information content (AvgIpc) is 1.88. The third kappa shape index (κ3) is 4.51. The lowest BCUT2D eigenvalue weighted by molar-refractivity contribution is 0.169. The Kier molecular flexibility index (Phi) is 8.69. The van der Waals surface area contributed by atoms with Crippen molar-refractivity contribution in [1.82, 2.24) is 4.90 Å². The van der Waals surface area contributed by atoms with E-state index in [4.69, 9.17) is 5.73 Å². The lowest BCUT2D eigenvalue weighted by Crippen LogP contribution is -2.45. The van der Waals surface area contributed by atoms with Gasteiger partial charge >= 0.3 is 0 Å². The zero-order valence-corrected chi connectivity index (χ0v) is 9.46. The van der Waals surface area contributed by atoms with Crippen molar-refractivity contribution >= 4 is 24.8 Å². The second-order valence-corrected chi connectivity index (χ2v) is 3.49. The lowest BCUT2D eigenvalue weighted by atomic mass is 10.1. The number of hydrogen-bond donors (Lipinski definition) is 1. The van der Waals surface area contributed by atoms with E-state index >= 15 is 0 Å². The fourth-order valence-corrected chi connectivity index (χ4v) is 1.51. The van der Waals surface area contributed by atoms with E-state index < -0.39 is 0 Å². The molecule has 1 atom stereocenters. The van der Waals surface area contributed by atoms with Gasteiger partial charge in [0.15, 0.2) is 0 Å². The smallest absolute Gasteiger partial charge is 0.0168 e. The van der Waals surface area contributed by atoms with Crippen molar-refractivity contribution < 1.29 is 0 Å². The van der Waals surface area contributed by atoms with Crippen LogP contribution in [0.5, 0.6) is 0 Å². The molecule has 2 N–H and O–H groups in total. The molecule has 1 saturated heterocycles. The third-order valence-electron chi connectivity index (χ3n) is 2.22. The van der Waals surface area contributed by atoms with E-state index in [1.165, 1.54) is 19.4 Å². The zero-order chi connectivity index (χ0) is 7.56. The van der Waals surface area contributed by atoms with E-state index in [2.05, 4.69) is 18.7 Å². The molecule has 12 heavy (non-hydrogen) atoms. The van der Waals surface area contributed by atoms with Crippen LogP contribution >= 0.6 is 24.8 Å². The van der Waals surface area contributed by atoms with Crippen LogP contribution < -0.4 is 5.73 Å². The monoisotopic (exact) mass is 214 g/mol. The molecule has 0 aromatic heterocycles. The van der Waals surface area contributed by atoms with Gasteiger partial charge < -0.3 is 5.73 Å². The first-order valence-corrected chi connectivity index (χ1v) is 4.20. The summed E-state index contributed by atoms with van der Waals surface area (Å²) in [7, 11) is 0. The molecule has 0 saturated carbocycles. The first-order chi connectivity index (χ1) is 4.70. The summed E-state index contributed by atoms with van der Waals surface area (Å²) in [6, 6.07) is 1.10. The highest BCUT2D eigenvalue weighted by Crippen LogP contribution is 2.10. The van der Waals surface area contributed by atoms with Gasteiger partial charge in [-0.3, -0.25) is 4.90 Å². The number of likely N-dealkylation sites (tertiary alicyclic amines) is 1. The molecular weight excluding hydrogens is 195 g/mol. The SMILES string of the molecule is CC(C)N1CCC[C@H](N)C1.Cl.Cl. The van der Waals surface area contributed by atoms with Crippen LogP contribution in [0.1, 0.15) is 26.7 Å². The van der Waals surface area contributed by atoms with Gasteiger partial charge in [-0.05, 0) is 33.2 Å². The van der Waals surface area contributed by atoms with Gasteiger partial charge in [-0.2, -0.15) is 0 Å². The molecule has 1 aliphatic heterocycles. The molecule has 0 unspecified atom stereocenters. The van der Waals surface area contributed by atoms with Crippen molar-refractivity contribution in [3.63, 3.8) is 0 Å². The van der Waals surface area contributed by atoms with Crippen molar-refractivity contribution in [2.45, 2.75) is 38.8 Å². The molecule has 76 valence electrons. The highest BCUT2D eigenvalue weighted by Gasteiger charge is 2.17. The second-order valence-electron chi connectivity index (χ2n) is 3.49. The van der Waals surface area contributed by atoms with Crippen molar-refractivity contribution in [1.29, 1.82) is 0 Å². The standard InChI is InChI=1S/C8H18N2.2ClH/c1-7(2)10-5-3-4-8(9)6-10;;/h7-8H,3-6,9H2,1-2H3;2*1H/t8-;;/m0../s1. The first kappa shape index (κ1) is 15.0. The summed E-state index contributed by atoms with van der Waals surface area (Å²) in [5.41, 5.74) is 5.82. The van der Waals surface area contributed by atoms with E-state index in [0.29, 0.717) is 12.1 Å². The predicted octanol–water partition coefficient (Wildman–Crippen LogP) is 1.66. The molecule has 0 spiro atoms. The highest BCUT2D eigenvalue weighted by molar-refractivity contribution is 5.85. The Bertz CT molecular complexity index is 109. The topological polar surface area (TPSA) is 29.3 Å². The van der Waals surface area contributed by atoms with E-state index in [0.717, 1.165) is 6.54 Å². The third-order valence-corrected chi connectivity index (χ3v) is 2.22. The summed E-state index contributed by atoms with van der Waals surface area (Å²) in [5.74, 6) is 0. The molecule has 4 heteroatoms. The molecule has 0 bridgehead atoms. The van der Waals surface area contributed by atoms with Crippen LogP contribution in [0.15, 0.2) is 0 Å². The Labute approximate surface area is 87.7 Å². The van der Waals surface area contributed by atoms with Gasteiger partial charge in [0.2, 0.25) is 0 Å². The maximum absolute atomic E-state index is 5.82. The van der Waals surface area contributed by atoms with E-state index in [1.807, 2.05) is 0 Å². The Morgan fingerprint density at radius 3 is 2.25 bits per heavy atom. The Hall–Kier alpha value is 0.500. The fraction of sp³-hybridized carbons (Fsp3) is 1.00. The predicted molar refractivity (Wildman–Crippen MR) is 58.4 cm³/mol. The van der Waals surface area contributed by atoms with E-state index in [1.54, 1.807) is 0 Å². The molecule has 1 aliphatic rings. The number of rotatable bonds is 1. The minimum atomic E-state index is 0. The molecule has 0 aromatic carbocycles. The molecule has 0 aromatic rings. The van der Waals surface area contributed by atoms with Crippen molar-refractivity contribution in [3.05, 3.63) is 0 Å². The van der Waals surface area contributed by atoms with Crippen LogP contribution in [-0.4, -0.2) is 30.1 Å². The number of halogens is 2. The zero-order valence-electron chi connectivity index (χ0n) is 7.82. The Balaban J connectivity index is 0. The van der Waals surface area contributed by atoms with Crippen LogP contribution in [0.2, 0.25) is 0 Å². The van der Waals surface area contributed by atoms with Crippen molar-refractivity contribution in [3.8, 4) is 0 Å². The largest absolute Gasteiger partial charge is 0.327 e. The summed E-state index contributed by atoms with van der Waals surface area (Å²) < 4.78 is 0. The second kappa shape index (κ2) is 6.96. The van der Waals surface area contributed by atoms with Gasteiger partial charge in [0.25, 0.3) is 0 Å². The van der Waals surface area contributed by atoms with Gasteiger partial charge in [0, 0.05) is 18.6 Å². The summed E-state index contributed by atoms with van der Waals surface area (Å²) in [6.07, 6.45) is 2.49. The van der Waals surface area contributed by atoms with Gasteiger partial charge in [0.1, 0.15) is 0 Å². The van der Waals surface area contributed by atoms with Crippen LogP contribution in [0.3, 0.4) is 0 Å². The molecule has 0 amide bonds. The van der Waals surface area contributed by atoms with E-state index in [-0.39, 0.29) is 24.8 Å². The van der Waals surface area contributed by atoms with E-state index in [9.17, 15) is 0 Å². The summed E-state index contributed by atoms with van der Waals surface area (Å²) in [6.45, 7) is 6.80. The fourth-order valence-electron chi connectivity index (χ4n) is 1.51. The first-order valence-electron chi connectivity index (χ1n) is 4.20. The van der Waals surface area contributed by atoms with Gasteiger partial charge in [-0.15, -0.1) is 24.8 Å². The van der Waals surface area contributed by atoms with Crippen LogP contribution in [0.25, 0.3) is 0 Å². The molecule has 2 nitrogen and oxygen atoms in total. The molecule has 1 heterocycles. The van der Waals surface area contributed by atoms with Crippen LogP contribution in [-0.2, 0) is 0 Å². The molecule has 0 aliphatic carbocycles. The molecular formula is C8H20Cl2N2. The molecule has 0 radical (unpaired) electrons. The van der Waals surface area contributed by atoms with Crippen LogP contribution in [0, 0.1) is 0 Å². The van der Waals surface area contributed by atoms with Gasteiger partial charge in [-0.1, -0.05) is 0 Å². The number of nitrogens with two attached hydrogens (primary N) is 1. The Morgan fingerprint density at radius 2 is 1.92 bits per heavy atom. The number of hydrogen-bond acceptors (Lipinski definition) is 2. The van der Waals surface area contributed by atoms with Gasteiger partial charge in [0.05, 0.1) is 0 Å². The Morgan fingerprint density at radius 1 is 1.33 bits per heavy atom. The lowest BCUT2D eigenvalue weighted by Gasteiger charge is -2.33. The normalized spacial score (nSPS) is 24.5. The quantitative estimate of drug-likeness (QED) is 0.720. The molecule has 1 fully saturated rings. The van der Waals surface area contributed by atoms with Crippen LogP contribution in [0.4, 0.5) is 0 Å². The maximum Gasteiger partial charge on any atom is 0.0168 e. The molecule has 1 rings (SSSR count). The van der Waals surface area contributed by atoms with Crippen molar-refractivity contribution in [2.75, 3.05) is 13.1 Å². The minimum absolute atomic E-state index is 0. The number of piperidine rings is 1. The van der Waals surface area contributed by atoms with Gasteiger partial charge in [-0.25, -0.2) is 0 Å². The summed E-state index contributed by atoms with van der Waals surface area (Å²) in [4.78, 5) is 2.45. The maximum atomic E-state index is 5.82. The average molecular weight is 215 g/mol.